The molecule has 0 saturated carbocycles. The maximum atomic E-state index is 2.34. The predicted molar refractivity (Wildman–Crippen MR) is 81.5 cm³/mol. The van der Waals surface area contributed by atoms with Crippen LogP contribution in [0.5, 0.6) is 0 Å². The Hall–Kier alpha value is 0.258. The van der Waals surface area contributed by atoms with Gasteiger partial charge in [-0.2, -0.15) is 0 Å². The van der Waals surface area contributed by atoms with Crippen LogP contribution >= 0.6 is 0 Å². The topological polar surface area (TPSA) is 0 Å². The zero-order valence-electron chi connectivity index (χ0n) is 9.25. The Bertz CT molecular complexity index is 549. The van der Waals surface area contributed by atoms with Gasteiger partial charge in [0.05, 0.1) is 0 Å². The molecule has 4 rings (SSSR count). The minimum atomic E-state index is 0.636. The minimum absolute atomic E-state index is 0.636. The van der Waals surface area contributed by atoms with E-state index in [1.54, 1.807) is 17.8 Å². The molecule has 2 aromatic carbocycles. The molecule has 0 fully saturated rings. The average molecular weight is 492 g/mol. The molecule has 88 valence electrons. The monoisotopic (exact) mass is 496 g/mol. The van der Waals surface area contributed by atoms with Crippen LogP contribution in [0, 0.1) is 0 Å². The fourth-order valence-electron chi connectivity index (χ4n) is 1.85. The fourth-order valence-corrected chi connectivity index (χ4v) is 17.3. The van der Waals surface area contributed by atoms with E-state index in [0.29, 0.717) is 59.8 Å². The van der Waals surface area contributed by atoms with Gasteiger partial charge in [-0.15, -0.1) is 0 Å². The molecule has 2 aliphatic rings. The summed E-state index contributed by atoms with van der Waals surface area (Å²) in [6, 6.07) is 18.2. The van der Waals surface area contributed by atoms with Crippen LogP contribution in [-0.2, 0) is 0 Å². The summed E-state index contributed by atoms with van der Waals surface area (Å²) in [5, 5.41) is 0. The Balaban J connectivity index is 1.70. The molecule has 0 atom stereocenters. The van der Waals surface area contributed by atoms with Crippen LogP contribution in [0.25, 0.3) is 0 Å². The molecule has 0 bridgehead atoms. The van der Waals surface area contributed by atoms with Crippen molar-refractivity contribution >= 4 is 77.7 Å². The van der Waals surface area contributed by atoms with Gasteiger partial charge < -0.3 is 0 Å². The average Bonchev–Trinajstić information content (AvgIpc) is 3.02. The summed E-state index contributed by atoms with van der Waals surface area (Å²) in [6.07, 6.45) is 0. The van der Waals surface area contributed by atoms with E-state index < -0.39 is 0 Å². The Kier molecular flexibility index (Phi) is 3.33. The van der Waals surface area contributed by atoms with E-state index in [1.807, 2.05) is 6.74 Å². The summed E-state index contributed by atoms with van der Waals surface area (Å²) in [5.74, 6) is 0. The van der Waals surface area contributed by atoms with Crippen LogP contribution in [0.2, 0.25) is 0 Å². The van der Waals surface area contributed by atoms with Crippen molar-refractivity contribution in [3.8, 4) is 0 Å². The third kappa shape index (κ3) is 2.12. The first-order valence-corrected chi connectivity index (χ1v) is 12.4. The number of hydrogen-bond donors (Lipinski definition) is 0. The molecule has 2 aromatic rings. The first-order chi connectivity index (χ1) is 8.90. The molecule has 4 heteroatoms. The summed E-state index contributed by atoms with van der Waals surface area (Å²) in [4.78, 5) is 0. The van der Waals surface area contributed by atoms with Crippen molar-refractivity contribution in [2.24, 2.45) is 0 Å². The normalized spacial score (nSPS) is 16.9. The molecule has 0 unspecified atom stereocenters. The fraction of sp³-hybridized carbons (Fsp3) is 0. The molecule has 0 N–H and O–H groups in total. The van der Waals surface area contributed by atoms with Gasteiger partial charge in [0.2, 0.25) is 0 Å². The van der Waals surface area contributed by atoms with Gasteiger partial charge in [-0.3, -0.25) is 0 Å². The second kappa shape index (κ2) is 4.98. The summed E-state index contributed by atoms with van der Waals surface area (Å²) in [7, 11) is 0. The number of benzene rings is 2. The van der Waals surface area contributed by atoms with Crippen LogP contribution in [-0.4, -0.2) is 59.8 Å². The summed E-state index contributed by atoms with van der Waals surface area (Å²) in [6.45, 7) is 0. The predicted octanol–water partition coefficient (Wildman–Crippen LogP) is -1.14. The molecule has 2 aliphatic heterocycles. The van der Waals surface area contributed by atoms with Crippen LogP contribution in [0.4, 0.5) is 0 Å². The van der Waals surface area contributed by atoms with E-state index in [2.05, 4.69) is 48.5 Å². The number of fused-ring (bicyclic) bond motifs is 2. The van der Waals surface area contributed by atoms with E-state index in [4.69, 9.17) is 0 Å². The second-order valence-electron chi connectivity index (χ2n) is 3.88. The third-order valence-electron chi connectivity index (χ3n) is 2.68. The molecule has 2 heterocycles. The van der Waals surface area contributed by atoms with Gasteiger partial charge in [-0.1, -0.05) is 0 Å². The van der Waals surface area contributed by atoms with E-state index in [0.717, 1.165) is 0 Å². The van der Waals surface area contributed by atoms with Crippen LogP contribution in [0.3, 0.4) is 0 Å². The van der Waals surface area contributed by atoms with Gasteiger partial charge in [0.1, 0.15) is 0 Å². The quantitative estimate of drug-likeness (QED) is 0.409. The van der Waals surface area contributed by atoms with Crippen LogP contribution in [0.1, 0.15) is 0 Å². The first kappa shape index (κ1) is 12.0. The molecule has 18 heavy (non-hydrogen) atoms. The molecule has 0 nitrogen and oxygen atoms in total. The van der Waals surface area contributed by atoms with Crippen LogP contribution in [0.15, 0.2) is 55.3 Å². The second-order valence-corrected chi connectivity index (χ2v) is 15.3. The van der Waals surface area contributed by atoms with Crippen molar-refractivity contribution in [3.05, 3.63) is 55.3 Å². The molecule has 0 radical (unpaired) electrons. The number of rotatable bonds is 0. The molecule has 0 spiro atoms. The summed E-state index contributed by atoms with van der Waals surface area (Å²) >= 11 is 2.55. The van der Waals surface area contributed by atoms with Crippen molar-refractivity contribution in [2.75, 3.05) is 0 Å². The van der Waals surface area contributed by atoms with Gasteiger partial charge in [0.25, 0.3) is 0 Å². The Labute approximate surface area is 132 Å². The van der Waals surface area contributed by atoms with E-state index >= 15 is 0 Å². The Morgan fingerprint density at radius 1 is 0.444 bits per heavy atom. The van der Waals surface area contributed by atoms with E-state index in [9.17, 15) is 0 Å². The Morgan fingerprint density at radius 3 is 1.00 bits per heavy atom. The van der Waals surface area contributed by atoms with Gasteiger partial charge in [-0.25, -0.2) is 0 Å². The molecule has 0 saturated heterocycles. The zero-order valence-corrected chi connectivity index (χ0v) is 16.1. The van der Waals surface area contributed by atoms with Crippen LogP contribution < -0.4 is 17.8 Å². The van der Waals surface area contributed by atoms with Crippen molar-refractivity contribution in [1.29, 1.82) is 0 Å². The molecular weight excluding hydrogens is 484 g/mol. The van der Waals surface area contributed by atoms with Gasteiger partial charge in [0, 0.05) is 0 Å². The molecule has 0 aromatic heterocycles. The summed E-state index contributed by atoms with van der Waals surface area (Å²) < 4.78 is 10.3. The summed E-state index contributed by atoms with van der Waals surface area (Å²) in [5.41, 5.74) is 0. The van der Waals surface area contributed by atoms with Gasteiger partial charge in [0.15, 0.2) is 0 Å². The molecular formula is C14H8Se4. The molecule has 0 amide bonds. The maximum absolute atomic E-state index is 2.34. The molecule has 0 aliphatic carbocycles. The van der Waals surface area contributed by atoms with Gasteiger partial charge in [-0.05, 0) is 0 Å². The third-order valence-corrected chi connectivity index (χ3v) is 18.3. The Morgan fingerprint density at radius 2 is 0.722 bits per heavy atom. The van der Waals surface area contributed by atoms with Crippen molar-refractivity contribution < 1.29 is 0 Å². The SMILES string of the molecule is c1ccc2c(c1)[Se]C(=C1[Se]c3ccccc3[Se]1)[Se]2. The first-order valence-electron chi connectivity index (χ1n) is 5.54. The van der Waals surface area contributed by atoms with E-state index in [-0.39, 0.29) is 0 Å². The van der Waals surface area contributed by atoms with Gasteiger partial charge >= 0.3 is 133 Å². The van der Waals surface area contributed by atoms with Crippen molar-refractivity contribution in [1.82, 2.24) is 0 Å². The zero-order chi connectivity index (χ0) is 11.9. The van der Waals surface area contributed by atoms with Crippen molar-refractivity contribution in [2.45, 2.75) is 0 Å². The number of hydrogen-bond acceptors (Lipinski definition) is 0. The van der Waals surface area contributed by atoms with E-state index in [1.165, 1.54) is 0 Å². The van der Waals surface area contributed by atoms with Crippen molar-refractivity contribution in [3.63, 3.8) is 0 Å². The standard InChI is InChI=1S/C14H8Se4/c1-2-6-10-9(5-1)15-13(16-10)14-17-11-7-3-4-8-12(11)18-14/h1-8H.